The fourth-order valence-electron chi connectivity index (χ4n) is 3.13. The molecule has 2 aliphatic heterocycles. The maximum atomic E-state index is 9.89. The van der Waals surface area contributed by atoms with Crippen molar-refractivity contribution in [1.82, 2.24) is 14.8 Å². The molecular formula is C15H23N3O2. The Kier molecular flexibility index (Phi) is 4.19. The van der Waals surface area contributed by atoms with Crippen LogP contribution in [-0.2, 0) is 11.3 Å². The first-order chi connectivity index (χ1) is 9.72. The van der Waals surface area contributed by atoms with Crippen molar-refractivity contribution in [3.8, 4) is 5.75 Å². The lowest BCUT2D eigenvalue weighted by atomic mass is 10.2. The predicted molar refractivity (Wildman–Crippen MR) is 76.7 cm³/mol. The normalized spacial score (nSPS) is 25.1. The van der Waals surface area contributed by atoms with Gasteiger partial charge in [-0.05, 0) is 25.5 Å². The summed E-state index contributed by atoms with van der Waals surface area (Å²) in [7, 11) is 0. The van der Waals surface area contributed by atoms with Gasteiger partial charge >= 0.3 is 0 Å². The summed E-state index contributed by atoms with van der Waals surface area (Å²) in [5.41, 5.74) is 1.76. The quantitative estimate of drug-likeness (QED) is 0.893. The van der Waals surface area contributed by atoms with Crippen LogP contribution < -0.4 is 0 Å². The Morgan fingerprint density at radius 3 is 2.90 bits per heavy atom. The van der Waals surface area contributed by atoms with Crippen LogP contribution in [0.25, 0.3) is 0 Å². The smallest absolute Gasteiger partial charge is 0.138 e. The van der Waals surface area contributed by atoms with E-state index in [9.17, 15) is 5.11 Å². The SMILES string of the molecule is Cc1ccc(O)c(CN2CCC(N3CCOCC3)C2)n1. The molecule has 1 atom stereocenters. The van der Waals surface area contributed by atoms with Gasteiger partial charge in [0.1, 0.15) is 5.75 Å². The van der Waals surface area contributed by atoms with Crippen molar-refractivity contribution in [2.24, 2.45) is 0 Å². The maximum Gasteiger partial charge on any atom is 0.138 e. The predicted octanol–water partition coefficient (Wildman–Crippen LogP) is 1.00. The number of rotatable bonds is 3. The lowest BCUT2D eigenvalue weighted by molar-refractivity contribution is 0.0183. The zero-order valence-electron chi connectivity index (χ0n) is 12.1. The van der Waals surface area contributed by atoms with Crippen LogP contribution in [-0.4, -0.2) is 65.3 Å². The van der Waals surface area contributed by atoms with E-state index in [0.717, 1.165) is 57.3 Å². The van der Waals surface area contributed by atoms with Crippen LogP contribution in [0.3, 0.4) is 0 Å². The van der Waals surface area contributed by atoms with Crippen LogP contribution in [0, 0.1) is 6.92 Å². The molecular weight excluding hydrogens is 254 g/mol. The Hall–Kier alpha value is -1.17. The van der Waals surface area contributed by atoms with Crippen LogP contribution in [0.15, 0.2) is 12.1 Å². The molecule has 3 heterocycles. The minimum Gasteiger partial charge on any atom is -0.506 e. The molecule has 20 heavy (non-hydrogen) atoms. The molecule has 3 rings (SSSR count). The lowest BCUT2D eigenvalue weighted by Crippen LogP contribution is -2.44. The van der Waals surface area contributed by atoms with Gasteiger partial charge in [0.25, 0.3) is 0 Å². The largest absolute Gasteiger partial charge is 0.506 e. The summed E-state index contributed by atoms with van der Waals surface area (Å²) in [6.07, 6.45) is 1.20. The molecule has 0 bridgehead atoms. The third-order valence-corrected chi connectivity index (χ3v) is 4.27. The van der Waals surface area contributed by atoms with Crippen molar-refractivity contribution in [2.75, 3.05) is 39.4 Å². The number of hydrogen-bond acceptors (Lipinski definition) is 5. The molecule has 5 nitrogen and oxygen atoms in total. The monoisotopic (exact) mass is 277 g/mol. The summed E-state index contributed by atoms with van der Waals surface area (Å²) in [6, 6.07) is 4.22. The summed E-state index contributed by atoms with van der Waals surface area (Å²) in [4.78, 5) is 9.37. The van der Waals surface area contributed by atoms with E-state index in [0.29, 0.717) is 11.8 Å². The highest BCUT2D eigenvalue weighted by molar-refractivity contribution is 5.27. The fourth-order valence-corrected chi connectivity index (χ4v) is 3.13. The van der Waals surface area contributed by atoms with Gasteiger partial charge in [-0.25, -0.2) is 0 Å². The summed E-state index contributed by atoms with van der Waals surface area (Å²) < 4.78 is 5.41. The molecule has 1 aromatic heterocycles. The molecule has 2 aliphatic rings. The fraction of sp³-hybridized carbons (Fsp3) is 0.667. The standard InChI is InChI=1S/C15H23N3O2/c1-12-2-3-15(19)14(16-12)11-17-5-4-13(10-17)18-6-8-20-9-7-18/h2-3,13,19H,4-11H2,1H3. The Labute approximate surface area is 120 Å². The summed E-state index contributed by atoms with van der Waals surface area (Å²) in [5, 5.41) is 9.89. The number of aromatic nitrogens is 1. The number of aryl methyl sites for hydroxylation is 1. The van der Waals surface area contributed by atoms with Crippen molar-refractivity contribution in [3.05, 3.63) is 23.5 Å². The average Bonchev–Trinajstić information content (AvgIpc) is 2.92. The molecule has 110 valence electrons. The van der Waals surface area contributed by atoms with E-state index in [1.807, 2.05) is 13.0 Å². The molecule has 5 heteroatoms. The van der Waals surface area contributed by atoms with Crippen molar-refractivity contribution < 1.29 is 9.84 Å². The minimum atomic E-state index is 0.311. The lowest BCUT2D eigenvalue weighted by Gasteiger charge is -2.32. The van der Waals surface area contributed by atoms with Crippen LogP contribution in [0.5, 0.6) is 5.75 Å². The van der Waals surface area contributed by atoms with E-state index in [1.165, 1.54) is 6.42 Å². The number of nitrogens with zero attached hydrogens (tertiary/aromatic N) is 3. The molecule has 0 aliphatic carbocycles. The van der Waals surface area contributed by atoms with Gasteiger partial charge in [-0.15, -0.1) is 0 Å². The first kappa shape index (κ1) is 13.8. The molecule has 1 unspecified atom stereocenters. The second kappa shape index (κ2) is 6.08. The number of morpholine rings is 1. The van der Waals surface area contributed by atoms with Crippen LogP contribution in [0.4, 0.5) is 0 Å². The molecule has 1 N–H and O–H groups in total. The second-order valence-electron chi connectivity index (χ2n) is 5.74. The number of pyridine rings is 1. The first-order valence-corrected chi connectivity index (χ1v) is 7.42. The van der Waals surface area contributed by atoms with Gasteiger partial charge in [0.15, 0.2) is 0 Å². The molecule has 0 radical (unpaired) electrons. The van der Waals surface area contributed by atoms with Crippen LogP contribution in [0.1, 0.15) is 17.8 Å². The van der Waals surface area contributed by atoms with E-state index in [1.54, 1.807) is 6.07 Å². The highest BCUT2D eigenvalue weighted by atomic mass is 16.5. The van der Waals surface area contributed by atoms with E-state index >= 15 is 0 Å². The van der Waals surface area contributed by atoms with Crippen molar-refractivity contribution in [2.45, 2.75) is 25.9 Å². The summed E-state index contributed by atoms with van der Waals surface area (Å²) >= 11 is 0. The van der Waals surface area contributed by atoms with E-state index < -0.39 is 0 Å². The van der Waals surface area contributed by atoms with Gasteiger partial charge in [-0.1, -0.05) is 0 Å². The van der Waals surface area contributed by atoms with Gasteiger partial charge in [0, 0.05) is 44.5 Å². The molecule has 1 aromatic rings. The number of ether oxygens (including phenoxy) is 1. The van der Waals surface area contributed by atoms with E-state index in [-0.39, 0.29) is 0 Å². The van der Waals surface area contributed by atoms with Gasteiger partial charge in [0.05, 0.1) is 18.9 Å². The molecule has 2 saturated heterocycles. The number of hydrogen-bond donors (Lipinski definition) is 1. The van der Waals surface area contributed by atoms with Crippen LogP contribution in [0.2, 0.25) is 0 Å². The van der Waals surface area contributed by atoms with E-state index in [2.05, 4.69) is 14.8 Å². The zero-order valence-corrected chi connectivity index (χ0v) is 12.1. The highest BCUT2D eigenvalue weighted by Crippen LogP contribution is 2.22. The zero-order chi connectivity index (χ0) is 13.9. The molecule has 0 spiro atoms. The van der Waals surface area contributed by atoms with E-state index in [4.69, 9.17) is 4.74 Å². The second-order valence-corrected chi connectivity index (χ2v) is 5.74. The third kappa shape index (κ3) is 3.11. The Morgan fingerprint density at radius 1 is 1.30 bits per heavy atom. The first-order valence-electron chi connectivity index (χ1n) is 7.42. The van der Waals surface area contributed by atoms with Crippen molar-refractivity contribution in [1.29, 1.82) is 0 Å². The molecule has 0 saturated carbocycles. The molecule has 2 fully saturated rings. The summed E-state index contributed by atoms with van der Waals surface area (Å²) in [5.74, 6) is 0.311. The topological polar surface area (TPSA) is 48.8 Å². The van der Waals surface area contributed by atoms with Crippen molar-refractivity contribution in [3.63, 3.8) is 0 Å². The Bertz CT molecular complexity index is 460. The average molecular weight is 277 g/mol. The molecule has 0 amide bonds. The summed E-state index contributed by atoms with van der Waals surface area (Å²) in [6.45, 7) is 8.66. The van der Waals surface area contributed by atoms with Gasteiger partial charge < -0.3 is 9.84 Å². The number of likely N-dealkylation sites (tertiary alicyclic amines) is 1. The maximum absolute atomic E-state index is 9.89. The number of aromatic hydroxyl groups is 1. The highest BCUT2D eigenvalue weighted by Gasteiger charge is 2.29. The molecule has 0 aromatic carbocycles. The van der Waals surface area contributed by atoms with Gasteiger partial charge in [-0.3, -0.25) is 14.8 Å². The van der Waals surface area contributed by atoms with Gasteiger partial charge in [-0.2, -0.15) is 0 Å². The Balaban J connectivity index is 1.58. The van der Waals surface area contributed by atoms with Crippen molar-refractivity contribution >= 4 is 0 Å². The third-order valence-electron chi connectivity index (χ3n) is 4.27. The van der Waals surface area contributed by atoms with Gasteiger partial charge in [0.2, 0.25) is 0 Å². The minimum absolute atomic E-state index is 0.311. The van der Waals surface area contributed by atoms with Crippen LogP contribution >= 0.6 is 0 Å². The Morgan fingerprint density at radius 2 is 2.10 bits per heavy atom.